The first-order valence-corrected chi connectivity index (χ1v) is 7.17. The maximum atomic E-state index is 5.74. The standard InChI is InChI=1S/C15H23N3/c16-13-3-5-14(6-4-13)18-11-7-15(8-12-18)17-9-1-2-10-17/h3-6,15H,1-2,7-12,16H2. The van der Waals surface area contributed by atoms with Crippen LogP contribution < -0.4 is 10.6 Å². The number of likely N-dealkylation sites (tertiary alicyclic amines) is 1. The first kappa shape index (κ1) is 11.8. The Bertz CT molecular complexity index is 373. The lowest BCUT2D eigenvalue weighted by atomic mass is 10.0. The van der Waals surface area contributed by atoms with Crippen molar-refractivity contribution in [2.75, 3.05) is 36.8 Å². The van der Waals surface area contributed by atoms with Crippen molar-refractivity contribution >= 4 is 11.4 Å². The molecule has 0 aliphatic carbocycles. The van der Waals surface area contributed by atoms with Crippen LogP contribution in [0.4, 0.5) is 11.4 Å². The van der Waals surface area contributed by atoms with Crippen molar-refractivity contribution in [1.82, 2.24) is 4.90 Å². The third kappa shape index (κ3) is 2.46. The molecule has 2 saturated heterocycles. The summed E-state index contributed by atoms with van der Waals surface area (Å²) in [6, 6.07) is 9.12. The fourth-order valence-corrected chi connectivity index (χ4v) is 3.28. The molecule has 18 heavy (non-hydrogen) atoms. The first-order valence-electron chi connectivity index (χ1n) is 7.17. The van der Waals surface area contributed by atoms with Crippen molar-refractivity contribution in [3.8, 4) is 0 Å². The average molecular weight is 245 g/mol. The Kier molecular flexibility index (Phi) is 3.41. The molecule has 0 aromatic heterocycles. The van der Waals surface area contributed by atoms with Gasteiger partial charge in [-0.15, -0.1) is 0 Å². The summed E-state index contributed by atoms with van der Waals surface area (Å²) in [5, 5.41) is 0. The summed E-state index contributed by atoms with van der Waals surface area (Å²) in [6.07, 6.45) is 5.42. The third-order valence-corrected chi connectivity index (χ3v) is 4.38. The number of nitrogens with two attached hydrogens (primary N) is 1. The van der Waals surface area contributed by atoms with Crippen LogP contribution in [-0.2, 0) is 0 Å². The Balaban J connectivity index is 1.57. The number of hydrogen-bond acceptors (Lipinski definition) is 3. The Morgan fingerprint density at radius 3 is 2.11 bits per heavy atom. The van der Waals surface area contributed by atoms with E-state index in [0.717, 1.165) is 11.7 Å². The molecule has 3 heteroatoms. The number of nitrogens with zero attached hydrogens (tertiary/aromatic N) is 2. The van der Waals surface area contributed by atoms with Gasteiger partial charge in [-0.3, -0.25) is 0 Å². The minimum absolute atomic E-state index is 0.831. The van der Waals surface area contributed by atoms with Gasteiger partial charge in [0.15, 0.2) is 0 Å². The van der Waals surface area contributed by atoms with Crippen LogP contribution >= 0.6 is 0 Å². The highest BCUT2D eigenvalue weighted by atomic mass is 15.2. The zero-order chi connectivity index (χ0) is 12.4. The molecular weight excluding hydrogens is 222 g/mol. The van der Waals surface area contributed by atoms with Gasteiger partial charge in [0.2, 0.25) is 0 Å². The SMILES string of the molecule is Nc1ccc(N2CCC(N3CCCC3)CC2)cc1. The molecule has 0 atom stereocenters. The first-order chi connectivity index (χ1) is 8.83. The largest absolute Gasteiger partial charge is 0.399 e. The molecule has 0 amide bonds. The van der Waals surface area contributed by atoms with Crippen LogP contribution in [0.2, 0.25) is 0 Å². The van der Waals surface area contributed by atoms with Gasteiger partial charge < -0.3 is 15.5 Å². The Labute approximate surface area is 110 Å². The molecule has 0 bridgehead atoms. The van der Waals surface area contributed by atoms with Gasteiger partial charge in [-0.25, -0.2) is 0 Å². The van der Waals surface area contributed by atoms with Crippen LogP contribution in [-0.4, -0.2) is 37.1 Å². The van der Waals surface area contributed by atoms with Crippen molar-refractivity contribution in [1.29, 1.82) is 0 Å². The van der Waals surface area contributed by atoms with Gasteiger partial charge in [0.25, 0.3) is 0 Å². The van der Waals surface area contributed by atoms with Crippen molar-refractivity contribution in [3.05, 3.63) is 24.3 Å². The number of hydrogen-bond donors (Lipinski definition) is 1. The minimum atomic E-state index is 0.831. The number of benzene rings is 1. The van der Waals surface area contributed by atoms with E-state index in [1.165, 1.54) is 57.5 Å². The van der Waals surface area contributed by atoms with Crippen LogP contribution in [0.15, 0.2) is 24.3 Å². The molecule has 3 nitrogen and oxygen atoms in total. The van der Waals surface area contributed by atoms with Gasteiger partial charge in [0.1, 0.15) is 0 Å². The monoisotopic (exact) mass is 245 g/mol. The fraction of sp³-hybridized carbons (Fsp3) is 0.600. The molecular formula is C15H23N3. The number of anilines is 2. The van der Waals surface area contributed by atoms with E-state index < -0.39 is 0 Å². The van der Waals surface area contributed by atoms with Crippen LogP contribution in [0.1, 0.15) is 25.7 Å². The normalized spacial score (nSPS) is 22.6. The van der Waals surface area contributed by atoms with Gasteiger partial charge in [-0.1, -0.05) is 0 Å². The summed E-state index contributed by atoms with van der Waals surface area (Å²) in [5.74, 6) is 0. The van der Waals surface area contributed by atoms with Gasteiger partial charge >= 0.3 is 0 Å². The van der Waals surface area contributed by atoms with Crippen molar-refractivity contribution in [2.24, 2.45) is 0 Å². The number of rotatable bonds is 2. The summed E-state index contributed by atoms with van der Waals surface area (Å²) in [7, 11) is 0. The van der Waals surface area contributed by atoms with E-state index in [9.17, 15) is 0 Å². The highest BCUT2D eigenvalue weighted by Gasteiger charge is 2.26. The smallest absolute Gasteiger partial charge is 0.0367 e. The number of piperidine rings is 1. The Hall–Kier alpha value is -1.22. The van der Waals surface area contributed by atoms with Crippen LogP contribution in [0.25, 0.3) is 0 Å². The predicted octanol–water partition coefficient (Wildman–Crippen LogP) is 2.33. The predicted molar refractivity (Wildman–Crippen MR) is 76.9 cm³/mol. The molecule has 2 aliphatic rings. The van der Waals surface area contributed by atoms with E-state index in [-0.39, 0.29) is 0 Å². The molecule has 1 aromatic carbocycles. The Morgan fingerprint density at radius 1 is 0.889 bits per heavy atom. The van der Waals surface area contributed by atoms with Crippen LogP contribution in [0, 0.1) is 0 Å². The van der Waals surface area contributed by atoms with Crippen molar-refractivity contribution in [2.45, 2.75) is 31.7 Å². The Morgan fingerprint density at radius 2 is 1.50 bits per heavy atom. The van der Waals surface area contributed by atoms with E-state index in [4.69, 9.17) is 5.73 Å². The molecule has 2 N–H and O–H groups in total. The molecule has 2 heterocycles. The molecule has 0 saturated carbocycles. The molecule has 0 unspecified atom stereocenters. The van der Waals surface area contributed by atoms with E-state index in [1.54, 1.807) is 0 Å². The second-order valence-electron chi connectivity index (χ2n) is 5.55. The molecule has 3 rings (SSSR count). The maximum absolute atomic E-state index is 5.74. The molecule has 0 spiro atoms. The summed E-state index contributed by atoms with van der Waals surface area (Å²) >= 11 is 0. The molecule has 98 valence electrons. The third-order valence-electron chi connectivity index (χ3n) is 4.38. The number of nitrogen functional groups attached to an aromatic ring is 1. The van der Waals surface area contributed by atoms with E-state index in [2.05, 4.69) is 21.9 Å². The van der Waals surface area contributed by atoms with Gasteiger partial charge in [-0.2, -0.15) is 0 Å². The fourth-order valence-electron chi connectivity index (χ4n) is 3.28. The summed E-state index contributed by atoms with van der Waals surface area (Å²) in [5.41, 5.74) is 7.91. The average Bonchev–Trinajstić information content (AvgIpc) is 2.94. The zero-order valence-electron chi connectivity index (χ0n) is 11.0. The topological polar surface area (TPSA) is 32.5 Å². The quantitative estimate of drug-likeness (QED) is 0.812. The molecule has 2 aliphatic heterocycles. The van der Waals surface area contributed by atoms with Crippen molar-refractivity contribution in [3.63, 3.8) is 0 Å². The molecule has 0 radical (unpaired) electrons. The summed E-state index contributed by atoms with van der Waals surface area (Å²) in [4.78, 5) is 5.19. The lowest BCUT2D eigenvalue weighted by molar-refractivity contribution is 0.208. The van der Waals surface area contributed by atoms with Crippen LogP contribution in [0.5, 0.6) is 0 Å². The maximum Gasteiger partial charge on any atom is 0.0367 e. The van der Waals surface area contributed by atoms with Gasteiger partial charge in [-0.05, 0) is 63.0 Å². The molecule has 2 fully saturated rings. The summed E-state index contributed by atoms with van der Waals surface area (Å²) < 4.78 is 0. The highest BCUT2D eigenvalue weighted by molar-refractivity contribution is 5.53. The van der Waals surface area contributed by atoms with E-state index in [1.807, 2.05) is 12.1 Å². The highest BCUT2D eigenvalue weighted by Crippen LogP contribution is 2.25. The second kappa shape index (κ2) is 5.19. The van der Waals surface area contributed by atoms with E-state index in [0.29, 0.717) is 0 Å². The van der Waals surface area contributed by atoms with Gasteiger partial charge in [0.05, 0.1) is 0 Å². The minimum Gasteiger partial charge on any atom is -0.399 e. The summed E-state index contributed by atoms with van der Waals surface area (Å²) in [6.45, 7) is 5.02. The lowest BCUT2D eigenvalue weighted by Crippen LogP contribution is -2.43. The van der Waals surface area contributed by atoms with Crippen molar-refractivity contribution < 1.29 is 0 Å². The van der Waals surface area contributed by atoms with Crippen LogP contribution in [0.3, 0.4) is 0 Å². The van der Waals surface area contributed by atoms with E-state index >= 15 is 0 Å². The zero-order valence-corrected chi connectivity index (χ0v) is 11.0. The molecule has 1 aromatic rings. The lowest BCUT2D eigenvalue weighted by Gasteiger charge is -2.37. The second-order valence-corrected chi connectivity index (χ2v) is 5.55. The van der Waals surface area contributed by atoms with Gasteiger partial charge in [0, 0.05) is 30.5 Å².